The molecule has 1 aromatic carbocycles. The largest absolute Gasteiger partial charge is 0.466 e. The van der Waals surface area contributed by atoms with Gasteiger partial charge in [-0.3, -0.25) is 9.59 Å². The molecule has 7 nitrogen and oxygen atoms in total. The summed E-state index contributed by atoms with van der Waals surface area (Å²) in [6, 6.07) is 5.05. The van der Waals surface area contributed by atoms with Crippen LogP contribution in [0.2, 0.25) is 0 Å². The maximum Gasteiger partial charge on any atom is 0.290 e. The Hall–Kier alpha value is -3.49. The quantitative estimate of drug-likeness (QED) is 0.715. The van der Waals surface area contributed by atoms with E-state index >= 15 is 0 Å². The molecule has 0 unspecified atom stereocenters. The van der Waals surface area contributed by atoms with E-state index in [9.17, 15) is 18.4 Å². The molecule has 3 rings (SSSR count). The van der Waals surface area contributed by atoms with Crippen molar-refractivity contribution in [1.82, 2.24) is 9.78 Å². The molecular formula is C19H18F2N4O3. The normalized spacial score (nSPS) is 12.0. The second-order valence-corrected chi connectivity index (χ2v) is 6.36. The molecule has 9 heteroatoms. The Balaban J connectivity index is 1.95. The van der Waals surface area contributed by atoms with E-state index in [1.807, 2.05) is 0 Å². The number of halogens is 2. The summed E-state index contributed by atoms with van der Waals surface area (Å²) >= 11 is 0. The number of anilines is 2. The lowest BCUT2D eigenvalue weighted by Crippen LogP contribution is -2.34. The van der Waals surface area contributed by atoms with Crippen LogP contribution < -0.4 is 16.6 Å². The van der Waals surface area contributed by atoms with Gasteiger partial charge in [-0.25, -0.2) is 13.5 Å². The molecule has 1 atom stereocenters. The number of benzene rings is 1. The average Bonchev–Trinajstić information content (AvgIpc) is 2.98. The summed E-state index contributed by atoms with van der Waals surface area (Å²) in [5, 5.41) is 6.67. The van der Waals surface area contributed by atoms with Gasteiger partial charge in [0, 0.05) is 17.3 Å². The van der Waals surface area contributed by atoms with Crippen LogP contribution in [0.4, 0.5) is 20.2 Å². The minimum Gasteiger partial charge on any atom is -0.466 e. The second kappa shape index (κ2) is 7.26. The van der Waals surface area contributed by atoms with Gasteiger partial charge in [0.1, 0.15) is 23.2 Å². The predicted molar refractivity (Wildman–Crippen MR) is 99.8 cm³/mol. The van der Waals surface area contributed by atoms with Crippen molar-refractivity contribution in [2.75, 3.05) is 11.1 Å². The molecule has 0 fully saturated rings. The predicted octanol–water partition coefficient (Wildman–Crippen LogP) is 3.18. The average molecular weight is 388 g/mol. The molecule has 146 valence electrons. The number of nitrogen functional groups attached to an aromatic ring is 1. The van der Waals surface area contributed by atoms with Gasteiger partial charge in [-0.1, -0.05) is 0 Å². The SMILES string of the molecule is Cc1cc(-c2cc(N)c(=O)n([C@H](C)C(=O)Nc3ccc(F)c(F)c3)n2)c(C)o1. The zero-order valence-electron chi connectivity index (χ0n) is 15.4. The summed E-state index contributed by atoms with van der Waals surface area (Å²) in [5.41, 5.74) is 6.15. The summed E-state index contributed by atoms with van der Waals surface area (Å²) in [5.74, 6) is -1.52. The fraction of sp³-hybridized carbons (Fsp3) is 0.211. The van der Waals surface area contributed by atoms with Crippen LogP contribution in [0, 0.1) is 25.5 Å². The third kappa shape index (κ3) is 3.64. The Bertz CT molecular complexity index is 1120. The minimum absolute atomic E-state index is 0.0502. The molecule has 0 saturated carbocycles. The van der Waals surface area contributed by atoms with Crippen LogP contribution in [-0.4, -0.2) is 15.7 Å². The van der Waals surface area contributed by atoms with Crippen molar-refractivity contribution in [3.63, 3.8) is 0 Å². The van der Waals surface area contributed by atoms with Crippen molar-refractivity contribution in [2.45, 2.75) is 26.8 Å². The molecule has 0 saturated heterocycles. The zero-order chi connectivity index (χ0) is 20.6. The Kier molecular flexibility index (Phi) is 5.00. The van der Waals surface area contributed by atoms with Crippen LogP contribution in [0.3, 0.4) is 0 Å². The van der Waals surface area contributed by atoms with E-state index in [1.54, 1.807) is 19.9 Å². The molecule has 3 N–H and O–H groups in total. The third-order valence-electron chi connectivity index (χ3n) is 4.21. The molecular weight excluding hydrogens is 370 g/mol. The summed E-state index contributed by atoms with van der Waals surface area (Å²) in [7, 11) is 0. The fourth-order valence-electron chi connectivity index (χ4n) is 2.74. The second-order valence-electron chi connectivity index (χ2n) is 6.36. The summed E-state index contributed by atoms with van der Waals surface area (Å²) < 4.78 is 32.8. The Labute approximate surface area is 158 Å². The van der Waals surface area contributed by atoms with Gasteiger partial charge in [0.25, 0.3) is 5.56 Å². The maximum atomic E-state index is 13.3. The van der Waals surface area contributed by atoms with Gasteiger partial charge >= 0.3 is 0 Å². The lowest BCUT2D eigenvalue weighted by Gasteiger charge is -2.16. The molecule has 3 aromatic rings. The number of furan rings is 1. The van der Waals surface area contributed by atoms with Crippen LogP contribution in [0.5, 0.6) is 0 Å². The lowest BCUT2D eigenvalue weighted by molar-refractivity contribution is -0.119. The first-order chi connectivity index (χ1) is 13.2. The number of carbonyl (C=O) groups excluding carboxylic acids is 1. The number of aryl methyl sites for hydroxylation is 2. The highest BCUT2D eigenvalue weighted by atomic mass is 19.2. The number of nitrogens with two attached hydrogens (primary N) is 1. The number of rotatable bonds is 4. The van der Waals surface area contributed by atoms with Crippen LogP contribution in [0.1, 0.15) is 24.5 Å². The monoisotopic (exact) mass is 388 g/mol. The van der Waals surface area contributed by atoms with Gasteiger partial charge in [-0.05, 0) is 45.0 Å². The molecule has 0 aliphatic heterocycles. The van der Waals surface area contributed by atoms with E-state index in [4.69, 9.17) is 10.2 Å². The third-order valence-corrected chi connectivity index (χ3v) is 4.21. The fourth-order valence-corrected chi connectivity index (χ4v) is 2.74. The highest BCUT2D eigenvalue weighted by molar-refractivity contribution is 5.93. The highest BCUT2D eigenvalue weighted by Crippen LogP contribution is 2.25. The standard InChI is InChI=1S/C19H18F2N4O3/c1-9-6-13(11(3)28-9)17-8-16(22)19(27)25(24-17)10(2)18(26)23-12-4-5-14(20)15(21)7-12/h4-8,10H,22H2,1-3H3,(H,23,26)/t10-/m1/s1. The zero-order valence-corrected chi connectivity index (χ0v) is 15.4. The summed E-state index contributed by atoms with van der Waals surface area (Å²) in [6.07, 6.45) is 0. The Morgan fingerprint density at radius 2 is 1.93 bits per heavy atom. The van der Waals surface area contributed by atoms with Gasteiger partial charge in [0.2, 0.25) is 5.91 Å². The Morgan fingerprint density at radius 1 is 1.21 bits per heavy atom. The van der Waals surface area contributed by atoms with Gasteiger partial charge in [-0.2, -0.15) is 5.10 Å². The van der Waals surface area contributed by atoms with E-state index in [-0.39, 0.29) is 11.4 Å². The first-order valence-corrected chi connectivity index (χ1v) is 8.40. The highest BCUT2D eigenvalue weighted by Gasteiger charge is 2.21. The van der Waals surface area contributed by atoms with E-state index in [0.29, 0.717) is 22.8 Å². The molecule has 0 aliphatic carbocycles. The van der Waals surface area contributed by atoms with E-state index in [2.05, 4.69) is 10.4 Å². The minimum atomic E-state index is -1.10. The van der Waals surface area contributed by atoms with Gasteiger partial charge in [0.05, 0.1) is 5.69 Å². The molecule has 0 aliphatic rings. The van der Waals surface area contributed by atoms with E-state index in [0.717, 1.165) is 16.8 Å². The van der Waals surface area contributed by atoms with Gasteiger partial charge < -0.3 is 15.5 Å². The van der Waals surface area contributed by atoms with Crippen LogP contribution in [0.15, 0.2) is 39.5 Å². The number of nitrogens with one attached hydrogen (secondary N) is 1. The Morgan fingerprint density at radius 3 is 2.54 bits per heavy atom. The van der Waals surface area contributed by atoms with Crippen molar-refractivity contribution in [2.24, 2.45) is 0 Å². The molecule has 28 heavy (non-hydrogen) atoms. The van der Waals surface area contributed by atoms with Crippen LogP contribution in [-0.2, 0) is 4.79 Å². The number of amides is 1. The molecule has 0 radical (unpaired) electrons. The van der Waals surface area contributed by atoms with Crippen molar-refractivity contribution < 1.29 is 18.0 Å². The molecule has 2 heterocycles. The number of aromatic nitrogens is 2. The van der Waals surface area contributed by atoms with Crippen LogP contribution in [0.25, 0.3) is 11.3 Å². The van der Waals surface area contributed by atoms with Gasteiger partial charge in [-0.15, -0.1) is 0 Å². The van der Waals surface area contributed by atoms with E-state index < -0.39 is 29.1 Å². The van der Waals surface area contributed by atoms with Crippen LogP contribution >= 0.6 is 0 Å². The van der Waals surface area contributed by atoms with Crippen molar-refractivity contribution in [3.05, 3.63) is 63.8 Å². The molecule has 2 aromatic heterocycles. The number of hydrogen-bond donors (Lipinski definition) is 2. The van der Waals surface area contributed by atoms with Gasteiger partial charge in [0.15, 0.2) is 11.6 Å². The number of nitrogens with zero attached hydrogens (tertiary/aromatic N) is 2. The smallest absolute Gasteiger partial charge is 0.290 e. The summed E-state index contributed by atoms with van der Waals surface area (Å²) in [4.78, 5) is 24.9. The first kappa shape index (κ1) is 19.3. The summed E-state index contributed by atoms with van der Waals surface area (Å²) in [6.45, 7) is 4.96. The van der Waals surface area contributed by atoms with Crippen molar-refractivity contribution in [1.29, 1.82) is 0 Å². The molecule has 0 spiro atoms. The topological polar surface area (TPSA) is 103 Å². The number of carbonyl (C=O) groups is 1. The van der Waals surface area contributed by atoms with Crippen molar-refractivity contribution in [3.8, 4) is 11.3 Å². The number of hydrogen-bond acceptors (Lipinski definition) is 5. The van der Waals surface area contributed by atoms with Crippen molar-refractivity contribution >= 4 is 17.3 Å². The molecule has 0 bridgehead atoms. The maximum absolute atomic E-state index is 13.3. The first-order valence-electron chi connectivity index (χ1n) is 8.40. The molecule has 1 amide bonds. The van der Waals surface area contributed by atoms with E-state index in [1.165, 1.54) is 19.1 Å². The lowest BCUT2D eigenvalue weighted by atomic mass is 10.1.